The van der Waals surface area contributed by atoms with Gasteiger partial charge in [0.15, 0.2) is 0 Å². The lowest BCUT2D eigenvalue weighted by atomic mass is 10.3. The fraction of sp³-hybridized carbons (Fsp3) is 1.00. The van der Waals surface area contributed by atoms with Crippen molar-refractivity contribution in [3.63, 3.8) is 0 Å². The molecule has 0 radical (unpaired) electrons. The van der Waals surface area contributed by atoms with Crippen molar-refractivity contribution in [3.8, 4) is 0 Å². The maximum absolute atomic E-state index is 12.6. The van der Waals surface area contributed by atoms with Gasteiger partial charge in [-0.3, -0.25) is 0 Å². The first-order valence-corrected chi connectivity index (χ1v) is 6.35. The van der Waals surface area contributed by atoms with E-state index in [1.54, 1.807) is 0 Å². The zero-order valence-electron chi connectivity index (χ0n) is 7.13. The number of hydrogen-bond donors (Lipinski definition) is 0. The maximum atomic E-state index is 12.6. The van der Waals surface area contributed by atoms with Gasteiger partial charge in [0.05, 0.1) is 0 Å². The zero-order chi connectivity index (χ0) is 11.8. The Hall–Kier alpha value is -0.0962. The molecule has 0 fully saturated rings. The first kappa shape index (κ1) is 13.9. The molecule has 0 aromatic carbocycles. The van der Waals surface area contributed by atoms with Crippen molar-refractivity contribution in [2.24, 2.45) is 0 Å². The molecule has 0 bridgehead atoms. The van der Waals surface area contributed by atoms with E-state index in [-0.39, 0.29) is 10.5 Å². The van der Waals surface area contributed by atoms with E-state index >= 15 is 0 Å². The summed E-state index contributed by atoms with van der Waals surface area (Å²) in [6, 6.07) is 0. The molecule has 1 atom stereocenters. The Morgan fingerprint density at radius 1 is 1.00 bits per heavy atom. The summed E-state index contributed by atoms with van der Waals surface area (Å²) in [5, 5.41) is 0. The molecule has 0 aliphatic carbocycles. The Bertz CT molecular complexity index is 202. The second-order valence-electron chi connectivity index (χ2n) is 2.57. The van der Waals surface area contributed by atoms with Gasteiger partial charge in [-0.1, -0.05) is 0 Å². The van der Waals surface area contributed by atoms with Crippen LogP contribution in [0, 0.1) is 0 Å². The molecular formula is C4H7F7OSi2. The van der Waals surface area contributed by atoms with Crippen molar-refractivity contribution < 1.29 is 34.8 Å². The van der Waals surface area contributed by atoms with Gasteiger partial charge >= 0.3 is 17.6 Å². The Morgan fingerprint density at radius 3 is 1.57 bits per heavy atom. The molecule has 86 valence electrons. The van der Waals surface area contributed by atoms with E-state index in [2.05, 4.69) is 4.12 Å². The van der Waals surface area contributed by atoms with Crippen molar-refractivity contribution in [1.29, 1.82) is 0 Å². The minimum absolute atomic E-state index is 0.295. The van der Waals surface area contributed by atoms with Crippen LogP contribution < -0.4 is 0 Å². The second-order valence-corrected chi connectivity index (χ2v) is 6.47. The molecule has 0 aromatic heterocycles. The standard InChI is InChI=1S/C4H7F7OSi2/c1-14(12-13)4(10,11)2(5,6)3(7,8)9/h14H,1,13H3. The van der Waals surface area contributed by atoms with Crippen molar-refractivity contribution in [3.05, 3.63) is 0 Å². The van der Waals surface area contributed by atoms with Crippen LogP contribution in [0.15, 0.2) is 0 Å². The van der Waals surface area contributed by atoms with Gasteiger partial charge < -0.3 is 4.12 Å². The van der Waals surface area contributed by atoms with Gasteiger partial charge in [0.2, 0.25) is 9.04 Å². The fourth-order valence-corrected chi connectivity index (χ4v) is 2.45. The van der Waals surface area contributed by atoms with Crippen LogP contribution in [0.25, 0.3) is 0 Å². The topological polar surface area (TPSA) is 9.23 Å². The highest BCUT2D eigenvalue weighted by molar-refractivity contribution is 6.57. The van der Waals surface area contributed by atoms with E-state index in [0.29, 0.717) is 6.55 Å². The van der Waals surface area contributed by atoms with E-state index in [1.807, 2.05) is 0 Å². The summed E-state index contributed by atoms with van der Waals surface area (Å²) < 4.78 is 88.4. The Balaban J connectivity index is 5.07. The molecule has 0 N–H and O–H groups in total. The molecule has 0 heterocycles. The molecule has 0 aliphatic heterocycles. The number of rotatable bonds is 3. The average molecular weight is 260 g/mol. The Kier molecular flexibility index (Phi) is 3.78. The van der Waals surface area contributed by atoms with Gasteiger partial charge in [0, 0.05) is 0 Å². The summed E-state index contributed by atoms with van der Waals surface area (Å²) in [4.78, 5) is 0. The van der Waals surface area contributed by atoms with Gasteiger partial charge in [-0.25, -0.2) is 8.78 Å². The maximum Gasteiger partial charge on any atom is 0.459 e. The minimum atomic E-state index is -6.25. The molecule has 0 saturated carbocycles. The SMILES string of the molecule is C[SiH](O[SiH3])C(F)(F)C(F)(F)C(F)(F)F. The van der Waals surface area contributed by atoms with Crippen molar-refractivity contribution in [2.75, 3.05) is 0 Å². The summed E-state index contributed by atoms with van der Waals surface area (Å²) in [5.74, 6) is -6.02. The molecular weight excluding hydrogens is 253 g/mol. The van der Waals surface area contributed by atoms with Crippen LogP contribution in [0.3, 0.4) is 0 Å². The molecule has 0 amide bonds. The van der Waals surface area contributed by atoms with Crippen LogP contribution in [0.5, 0.6) is 0 Å². The van der Waals surface area contributed by atoms with Crippen LogP contribution in [-0.2, 0) is 4.12 Å². The highest BCUT2D eigenvalue weighted by Gasteiger charge is 2.74. The summed E-state index contributed by atoms with van der Waals surface area (Å²) in [6.07, 6.45) is -6.25. The van der Waals surface area contributed by atoms with Gasteiger partial charge in [0.1, 0.15) is 10.5 Å². The number of hydrogen-bond acceptors (Lipinski definition) is 1. The monoisotopic (exact) mass is 260 g/mol. The fourth-order valence-electron chi connectivity index (χ4n) is 0.592. The first-order valence-electron chi connectivity index (χ1n) is 3.33. The predicted molar refractivity (Wildman–Crippen MR) is 40.0 cm³/mol. The van der Waals surface area contributed by atoms with E-state index in [9.17, 15) is 30.7 Å². The molecule has 1 unspecified atom stereocenters. The number of alkyl halides is 7. The van der Waals surface area contributed by atoms with Crippen LogP contribution in [0.1, 0.15) is 0 Å². The van der Waals surface area contributed by atoms with E-state index in [4.69, 9.17) is 0 Å². The smallest absolute Gasteiger partial charge is 0.459 e. The zero-order valence-corrected chi connectivity index (χ0v) is 10.3. The molecule has 0 rings (SSSR count). The summed E-state index contributed by atoms with van der Waals surface area (Å²) in [6.45, 7) is 0.604. The lowest BCUT2D eigenvalue weighted by molar-refractivity contribution is -0.335. The molecule has 0 spiro atoms. The Labute approximate surface area is 79.5 Å². The highest BCUT2D eigenvalue weighted by atomic mass is 28.3. The third-order valence-electron chi connectivity index (χ3n) is 1.64. The number of halogens is 7. The Morgan fingerprint density at radius 2 is 1.36 bits per heavy atom. The van der Waals surface area contributed by atoms with Crippen molar-refractivity contribution >= 4 is 19.5 Å². The summed E-state index contributed by atoms with van der Waals surface area (Å²) in [7, 11) is -4.15. The lowest BCUT2D eigenvalue weighted by Crippen LogP contribution is -2.59. The second kappa shape index (κ2) is 3.81. The average Bonchev–Trinajstić information content (AvgIpc) is 2.00. The van der Waals surface area contributed by atoms with Gasteiger partial charge in [-0.2, -0.15) is 22.0 Å². The van der Waals surface area contributed by atoms with Crippen LogP contribution in [0.4, 0.5) is 30.7 Å². The normalized spacial score (nSPS) is 17.1. The first-order chi connectivity index (χ1) is 5.98. The molecule has 14 heavy (non-hydrogen) atoms. The van der Waals surface area contributed by atoms with Gasteiger partial charge in [0.25, 0.3) is 0 Å². The van der Waals surface area contributed by atoms with E-state index in [1.165, 1.54) is 0 Å². The molecule has 0 aromatic rings. The third kappa shape index (κ3) is 2.11. The van der Waals surface area contributed by atoms with Gasteiger partial charge in [-0.15, -0.1) is 0 Å². The highest BCUT2D eigenvalue weighted by Crippen LogP contribution is 2.47. The predicted octanol–water partition coefficient (Wildman–Crippen LogP) is 1.01. The quantitative estimate of drug-likeness (QED) is 0.543. The summed E-state index contributed by atoms with van der Waals surface area (Å²) in [5.41, 5.74) is -5.12. The third-order valence-corrected chi connectivity index (χ3v) is 5.85. The van der Waals surface area contributed by atoms with Crippen LogP contribution >= 0.6 is 0 Å². The lowest BCUT2D eigenvalue weighted by Gasteiger charge is -2.30. The molecule has 10 heteroatoms. The van der Waals surface area contributed by atoms with Gasteiger partial charge in [-0.05, 0) is 6.55 Å². The van der Waals surface area contributed by atoms with Crippen molar-refractivity contribution in [1.82, 2.24) is 0 Å². The van der Waals surface area contributed by atoms with Crippen LogP contribution in [-0.4, -0.2) is 37.2 Å². The molecule has 0 saturated heterocycles. The minimum Gasteiger partial charge on any atom is -0.462 e. The summed E-state index contributed by atoms with van der Waals surface area (Å²) >= 11 is 0. The van der Waals surface area contributed by atoms with Crippen molar-refractivity contribution in [2.45, 2.75) is 24.2 Å². The molecule has 1 nitrogen and oxygen atoms in total. The molecule has 0 aliphatic rings. The van der Waals surface area contributed by atoms with E-state index < -0.39 is 26.7 Å². The largest absolute Gasteiger partial charge is 0.462 e. The van der Waals surface area contributed by atoms with Crippen LogP contribution in [0.2, 0.25) is 6.55 Å². The van der Waals surface area contributed by atoms with E-state index in [0.717, 1.165) is 0 Å².